The molecule has 2 aliphatic rings. The van der Waals surface area contributed by atoms with Crippen LogP contribution in [0.2, 0.25) is 0 Å². The van der Waals surface area contributed by atoms with Crippen LogP contribution in [-0.4, -0.2) is 27.8 Å². The molecule has 1 fully saturated rings. The van der Waals surface area contributed by atoms with Crippen LogP contribution in [0.5, 0.6) is 11.5 Å². The highest BCUT2D eigenvalue weighted by Crippen LogP contribution is 2.36. The van der Waals surface area contributed by atoms with Crippen molar-refractivity contribution in [2.24, 2.45) is 11.7 Å². The number of aryl methyl sites for hydroxylation is 1. The summed E-state index contributed by atoms with van der Waals surface area (Å²) < 4.78 is 38.6. The zero-order valence-corrected chi connectivity index (χ0v) is 12.8. The molecule has 2 unspecified atom stereocenters. The number of fused-ring (bicyclic) bond motifs is 1. The van der Waals surface area contributed by atoms with Crippen LogP contribution in [0.3, 0.4) is 0 Å². The van der Waals surface area contributed by atoms with Crippen LogP contribution in [0.15, 0.2) is 17.0 Å². The Morgan fingerprint density at radius 3 is 2.71 bits per heavy atom. The third-order valence-electron chi connectivity index (χ3n) is 4.23. The van der Waals surface area contributed by atoms with Crippen LogP contribution in [0.4, 0.5) is 0 Å². The van der Waals surface area contributed by atoms with E-state index in [-0.39, 0.29) is 23.6 Å². The molecule has 3 rings (SSSR count). The van der Waals surface area contributed by atoms with Gasteiger partial charge in [0.1, 0.15) is 0 Å². The summed E-state index contributed by atoms with van der Waals surface area (Å²) in [7, 11) is -3.58. The third-order valence-corrected chi connectivity index (χ3v) is 5.86. The normalized spacial score (nSPS) is 24.5. The molecule has 21 heavy (non-hydrogen) atoms. The van der Waals surface area contributed by atoms with Gasteiger partial charge < -0.3 is 15.2 Å². The lowest BCUT2D eigenvalue weighted by molar-refractivity contribution is 0.174. The molecule has 0 bridgehead atoms. The fraction of sp³-hybridized carbons (Fsp3) is 0.571. The van der Waals surface area contributed by atoms with E-state index in [2.05, 4.69) is 4.72 Å². The quantitative estimate of drug-likeness (QED) is 0.869. The standard InChI is InChI=1S/C14H20N2O4S/c1-9-5-12-13(20-8-19-12)6-14(9)21(17,18)16-11-4-2-3-10(11)7-15/h5-6,10-11,16H,2-4,7-8,15H2,1H3. The van der Waals surface area contributed by atoms with E-state index in [4.69, 9.17) is 15.2 Å². The first kappa shape index (κ1) is 14.6. The lowest BCUT2D eigenvalue weighted by Gasteiger charge is -2.20. The number of hydrogen-bond acceptors (Lipinski definition) is 5. The van der Waals surface area contributed by atoms with Gasteiger partial charge in [0.25, 0.3) is 0 Å². The average Bonchev–Trinajstić information content (AvgIpc) is 3.05. The van der Waals surface area contributed by atoms with Crippen molar-refractivity contribution < 1.29 is 17.9 Å². The monoisotopic (exact) mass is 312 g/mol. The molecule has 1 saturated carbocycles. The van der Waals surface area contributed by atoms with Crippen LogP contribution in [0.25, 0.3) is 0 Å². The molecule has 3 N–H and O–H groups in total. The van der Waals surface area contributed by atoms with Crippen LogP contribution in [0.1, 0.15) is 24.8 Å². The molecule has 0 radical (unpaired) electrons. The maximum absolute atomic E-state index is 12.6. The minimum absolute atomic E-state index is 0.0789. The highest BCUT2D eigenvalue weighted by atomic mass is 32.2. The number of nitrogens with one attached hydrogen (secondary N) is 1. The summed E-state index contributed by atoms with van der Waals surface area (Å²) in [5.74, 6) is 1.28. The zero-order chi connectivity index (χ0) is 15.0. The third kappa shape index (κ3) is 2.73. The summed E-state index contributed by atoms with van der Waals surface area (Å²) in [6.07, 6.45) is 2.82. The lowest BCUT2D eigenvalue weighted by atomic mass is 10.1. The minimum atomic E-state index is -3.58. The number of sulfonamides is 1. The topological polar surface area (TPSA) is 90.7 Å². The van der Waals surface area contributed by atoms with Gasteiger partial charge in [0.2, 0.25) is 16.8 Å². The number of hydrogen-bond donors (Lipinski definition) is 2. The van der Waals surface area contributed by atoms with Gasteiger partial charge in [-0.05, 0) is 43.9 Å². The van der Waals surface area contributed by atoms with Crippen molar-refractivity contribution in [2.45, 2.75) is 37.1 Å². The van der Waals surface area contributed by atoms with E-state index < -0.39 is 10.0 Å². The van der Waals surface area contributed by atoms with Crippen molar-refractivity contribution >= 4 is 10.0 Å². The van der Waals surface area contributed by atoms with Gasteiger partial charge in [-0.2, -0.15) is 0 Å². The predicted octanol–water partition coefficient (Wildman–Crippen LogP) is 1.13. The maximum atomic E-state index is 12.6. The highest BCUT2D eigenvalue weighted by Gasteiger charge is 2.31. The van der Waals surface area contributed by atoms with E-state index in [0.717, 1.165) is 19.3 Å². The largest absolute Gasteiger partial charge is 0.454 e. The number of nitrogens with two attached hydrogens (primary N) is 1. The van der Waals surface area contributed by atoms with Crippen LogP contribution in [0, 0.1) is 12.8 Å². The number of ether oxygens (including phenoxy) is 2. The number of benzene rings is 1. The molecule has 0 saturated heterocycles. The minimum Gasteiger partial charge on any atom is -0.454 e. The van der Waals surface area contributed by atoms with E-state index in [0.29, 0.717) is 23.6 Å². The van der Waals surface area contributed by atoms with Gasteiger partial charge in [0, 0.05) is 12.1 Å². The molecule has 1 aliphatic heterocycles. The Bertz CT molecular complexity index is 645. The van der Waals surface area contributed by atoms with Gasteiger partial charge in [-0.1, -0.05) is 6.42 Å². The van der Waals surface area contributed by atoms with Crippen molar-refractivity contribution in [3.63, 3.8) is 0 Å². The molecule has 1 aliphatic carbocycles. The summed E-state index contributed by atoms with van der Waals surface area (Å²) >= 11 is 0. The van der Waals surface area contributed by atoms with Crippen LogP contribution in [-0.2, 0) is 10.0 Å². The second-order valence-corrected chi connectivity index (χ2v) is 7.31. The zero-order valence-electron chi connectivity index (χ0n) is 12.0. The van der Waals surface area contributed by atoms with Gasteiger partial charge in [0.05, 0.1) is 4.90 Å². The first-order valence-corrected chi connectivity index (χ1v) is 8.62. The maximum Gasteiger partial charge on any atom is 0.241 e. The Morgan fingerprint density at radius 1 is 1.29 bits per heavy atom. The van der Waals surface area contributed by atoms with Crippen LogP contribution >= 0.6 is 0 Å². The lowest BCUT2D eigenvalue weighted by Crippen LogP contribution is -2.40. The van der Waals surface area contributed by atoms with Gasteiger partial charge in [0.15, 0.2) is 11.5 Å². The fourth-order valence-electron chi connectivity index (χ4n) is 3.05. The average molecular weight is 312 g/mol. The van der Waals surface area contributed by atoms with E-state index in [9.17, 15) is 8.42 Å². The van der Waals surface area contributed by atoms with Crippen molar-refractivity contribution in [2.75, 3.05) is 13.3 Å². The van der Waals surface area contributed by atoms with Gasteiger partial charge in [-0.15, -0.1) is 0 Å². The molecule has 6 nitrogen and oxygen atoms in total. The molecule has 1 aromatic rings. The van der Waals surface area contributed by atoms with E-state index in [1.54, 1.807) is 13.0 Å². The Hall–Kier alpha value is -1.31. The molecule has 0 aromatic heterocycles. The summed E-state index contributed by atoms with van der Waals surface area (Å²) in [6.45, 7) is 2.39. The molecule has 2 atom stereocenters. The van der Waals surface area contributed by atoms with Gasteiger partial charge in [-0.3, -0.25) is 0 Å². The molecule has 1 aromatic carbocycles. The predicted molar refractivity (Wildman–Crippen MR) is 77.8 cm³/mol. The number of rotatable bonds is 4. The molecule has 0 amide bonds. The Balaban J connectivity index is 1.88. The summed E-state index contributed by atoms with van der Waals surface area (Å²) in [5.41, 5.74) is 6.36. The molecule has 116 valence electrons. The molecule has 0 spiro atoms. The van der Waals surface area contributed by atoms with E-state index in [1.165, 1.54) is 6.07 Å². The SMILES string of the molecule is Cc1cc2c(cc1S(=O)(=O)NC1CCCC1CN)OCO2. The first-order valence-electron chi connectivity index (χ1n) is 7.14. The fourth-order valence-corrected chi connectivity index (χ4v) is 4.63. The Kier molecular flexibility index (Phi) is 3.81. The Labute approximate surface area is 124 Å². The summed E-state index contributed by atoms with van der Waals surface area (Å²) in [5, 5.41) is 0. The van der Waals surface area contributed by atoms with Crippen molar-refractivity contribution in [1.82, 2.24) is 4.72 Å². The van der Waals surface area contributed by atoms with E-state index >= 15 is 0 Å². The summed E-state index contributed by atoms with van der Waals surface area (Å²) in [4.78, 5) is 0.245. The Morgan fingerprint density at radius 2 is 2.00 bits per heavy atom. The molecule has 1 heterocycles. The molecular weight excluding hydrogens is 292 g/mol. The summed E-state index contributed by atoms with van der Waals surface area (Å²) in [6, 6.07) is 3.16. The highest BCUT2D eigenvalue weighted by molar-refractivity contribution is 7.89. The van der Waals surface area contributed by atoms with Crippen molar-refractivity contribution in [1.29, 1.82) is 0 Å². The van der Waals surface area contributed by atoms with Crippen molar-refractivity contribution in [3.05, 3.63) is 17.7 Å². The smallest absolute Gasteiger partial charge is 0.241 e. The van der Waals surface area contributed by atoms with Gasteiger partial charge in [-0.25, -0.2) is 13.1 Å². The molecule has 7 heteroatoms. The second-order valence-electron chi connectivity index (χ2n) is 5.63. The van der Waals surface area contributed by atoms with E-state index in [1.807, 2.05) is 0 Å². The van der Waals surface area contributed by atoms with Gasteiger partial charge >= 0.3 is 0 Å². The second kappa shape index (κ2) is 5.47. The molecular formula is C14H20N2O4S. The van der Waals surface area contributed by atoms with Crippen molar-refractivity contribution in [3.8, 4) is 11.5 Å². The van der Waals surface area contributed by atoms with Crippen LogP contribution < -0.4 is 19.9 Å². The first-order chi connectivity index (χ1) is 10.0.